The van der Waals surface area contributed by atoms with E-state index in [4.69, 9.17) is 4.74 Å². The number of hydrogen-bond donors (Lipinski definition) is 1. The average molecular weight is 318 g/mol. The van der Waals surface area contributed by atoms with Gasteiger partial charge in [0.15, 0.2) is 0 Å². The standard InChI is InChI=1S/C12H15FN2O5S/c13-11-6-10(3-4-12(11)15(16)17)21(18,19)14-7-9-2-1-5-20-8-9/h3-4,6,9,14H,1-2,5,7-8H2. The van der Waals surface area contributed by atoms with Crippen LogP contribution >= 0.6 is 0 Å². The van der Waals surface area contributed by atoms with Gasteiger partial charge in [-0.2, -0.15) is 4.39 Å². The molecule has 1 aliphatic rings. The van der Waals surface area contributed by atoms with Crippen molar-refractivity contribution in [2.24, 2.45) is 5.92 Å². The molecule has 1 N–H and O–H groups in total. The molecule has 0 radical (unpaired) electrons. The lowest BCUT2D eigenvalue weighted by atomic mass is 10.0. The van der Waals surface area contributed by atoms with Crippen molar-refractivity contribution in [2.75, 3.05) is 19.8 Å². The van der Waals surface area contributed by atoms with Crippen molar-refractivity contribution < 1.29 is 22.5 Å². The summed E-state index contributed by atoms with van der Waals surface area (Å²) in [6, 6.07) is 2.51. The Morgan fingerprint density at radius 1 is 1.48 bits per heavy atom. The normalized spacial score (nSPS) is 19.4. The Kier molecular flexibility index (Phi) is 4.86. The molecule has 1 aromatic rings. The Labute approximate surface area is 121 Å². The lowest BCUT2D eigenvalue weighted by Crippen LogP contribution is -2.33. The third-order valence-electron chi connectivity index (χ3n) is 3.24. The van der Waals surface area contributed by atoms with E-state index in [0.29, 0.717) is 19.3 Å². The fourth-order valence-corrected chi connectivity index (χ4v) is 3.21. The monoisotopic (exact) mass is 318 g/mol. The second-order valence-corrected chi connectivity index (χ2v) is 6.57. The van der Waals surface area contributed by atoms with Gasteiger partial charge in [-0.3, -0.25) is 10.1 Å². The maximum absolute atomic E-state index is 13.5. The molecule has 0 aromatic heterocycles. The molecule has 0 bridgehead atoms. The van der Waals surface area contributed by atoms with Crippen molar-refractivity contribution in [1.82, 2.24) is 4.72 Å². The predicted octanol–water partition coefficient (Wildman–Crippen LogP) is 1.44. The Morgan fingerprint density at radius 3 is 2.81 bits per heavy atom. The van der Waals surface area contributed by atoms with E-state index in [2.05, 4.69) is 4.72 Å². The molecule has 7 nitrogen and oxygen atoms in total. The summed E-state index contributed by atoms with van der Waals surface area (Å²) >= 11 is 0. The molecular formula is C12H15FN2O5S. The van der Waals surface area contributed by atoms with Crippen LogP contribution in [0.25, 0.3) is 0 Å². The predicted molar refractivity (Wildman–Crippen MR) is 71.8 cm³/mol. The highest BCUT2D eigenvalue weighted by molar-refractivity contribution is 7.89. The second kappa shape index (κ2) is 6.46. The maximum atomic E-state index is 13.5. The maximum Gasteiger partial charge on any atom is 0.304 e. The van der Waals surface area contributed by atoms with Gasteiger partial charge in [0, 0.05) is 25.3 Å². The van der Waals surface area contributed by atoms with Gasteiger partial charge in [-0.05, 0) is 24.8 Å². The number of halogens is 1. The SMILES string of the molecule is O=[N+]([O-])c1ccc(S(=O)(=O)NCC2CCCOC2)cc1F. The summed E-state index contributed by atoms with van der Waals surface area (Å²) in [7, 11) is -3.89. The Hall–Kier alpha value is -1.58. The van der Waals surface area contributed by atoms with Crippen LogP contribution in [0.3, 0.4) is 0 Å². The summed E-state index contributed by atoms with van der Waals surface area (Å²) in [6.45, 7) is 1.36. The molecule has 116 valence electrons. The number of benzene rings is 1. The van der Waals surface area contributed by atoms with Crippen LogP contribution in [0.4, 0.5) is 10.1 Å². The van der Waals surface area contributed by atoms with Crippen molar-refractivity contribution in [2.45, 2.75) is 17.7 Å². The van der Waals surface area contributed by atoms with Crippen LogP contribution < -0.4 is 4.72 Å². The molecule has 1 fully saturated rings. The second-order valence-electron chi connectivity index (χ2n) is 4.81. The third-order valence-corrected chi connectivity index (χ3v) is 4.66. The lowest BCUT2D eigenvalue weighted by molar-refractivity contribution is -0.387. The van der Waals surface area contributed by atoms with Crippen molar-refractivity contribution in [1.29, 1.82) is 0 Å². The molecule has 0 spiro atoms. The largest absolute Gasteiger partial charge is 0.381 e. The number of rotatable bonds is 5. The number of sulfonamides is 1. The first-order chi connectivity index (χ1) is 9.90. The summed E-state index contributed by atoms with van der Waals surface area (Å²) in [5, 5.41) is 10.5. The van der Waals surface area contributed by atoms with E-state index in [1.807, 2.05) is 0 Å². The molecular weight excluding hydrogens is 303 g/mol. The number of nitro benzene ring substituents is 1. The lowest BCUT2D eigenvalue weighted by Gasteiger charge is -2.22. The first-order valence-electron chi connectivity index (χ1n) is 6.41. The zero-order chi connectivity index (χ0) is 15.5. The minimum absolute atomic E-state index is 0.0800. The summed E-state index contributed by atoms with van der Waals surface area (Å²) in [5.74, 6) is -1.10. The van der Waals surface area contributed by atoms with Gasteiger partial charge in [0.2, 0.25) is 15.8 Å². The van der Waals surface area contributed by atoms with Crippen molar-refractivity contribution in [3.05, 3.63) is 34.1 Å². The summed E-state index contributed by atoms with van der Waals surface area (Å²) in [5.41, 5.74) is -0.755. The third kappa shape index (κ3) is 3.96. The molecule has 1 heterocycles. The van der Waals surface area contributed by atoms with Gasteiger partial charge >= 0.3 is 5.69 Å². The van der Waals surface area contributed by atoms with Crippen molar-refractivity contribution in [3.8, 4) is 0 Å². The molecule has 1 atom stereocenters. The molecule has 1 aromatic carbocycles. The number of nitro groups is 1. The van der Waals surface area contributed by atoms with Gasteiger partial charge in [0.25, 0.3) is 0 Å². The first-order valence-corrected chi connectivity index (χ1v) is 7.90. The van der Waals surface area contributed by atoms with Crippen LogP contribution in [0.2, 0.25) is 0 Å². The summed E-state index contributed by atoms with van der Waals surface area (Å²) < 4.78 is 45.1. The fourth-order valence-electron chi connectivity index (χ4n) is 2.08. The van der Waals surface area contributed by atoms with E-state index in [0.717, 1.165) is 25.0 Å². The molecule has 1 unspecified atom stereocenters. The number of hydrogen-bond acceptors (Lipinski definition) is 5. The van der Waals surface area contributed by atoms with E-state index >= 15 is 0 Å². The number of nitrogens with zero attached hydrogens (tertiary/aromatic N) is 1. The fraction of sp³-hybridized carbons (Fsp3) is 0.500. The molecule has 0 saturated carbocycles. The smallest absolute Gasteiger partial charge is 0.304 e. The zero-order valence-corrected chi connectivity index (χ0v) is 11.9. The average Bonchev–Trinajstić information content (AvgIpc) is 2.46. The minimum atomic E-state index is -3.89. The molecule has 2 rings (SSSR count). The van der Waals surface area contributed by atoms with Crippen LogP contribution in [0, 0.1) is 21.8 Å². The molecule has 1 aliphatic heterocycles. The highest BCUT2D eigenvalue weighted by atomic mass is 32.2. The molecule has 21 heavy (non-hydrogen) atoms. The Morgan fingerprint density at radius 2 is 2.24 bits per heavy atom. The van der Waals surface area contributed by atoms with Crippen LogP contribution in [0.5, 0.6) is 0 Å². The van der Waals surface area contributed by atoms with Gasteiger partial charge in [-0.1, -0.05) is 0 Å². The van der Waals surface area contributed by atoms with Crippen molar-refractivity contribution in [3.63, 3.8) is 0 Å². The van der Waals surface area contributed by atoms with Crippen LogP contribution in [-0.4, -0.2) is 33.1 Å². The van der Waals surface area contributed by atoms with Crippen LogP contribution in [0.1, 0.15) is 12.8 Å². The number of nitrogens with one attached hydrogen (secondary N) is 1. The molecule has 1 saturated heterocycles. The Balaban J connectivity index is 2.08. The highest BCUT2D eigenvalue weighted by Crippen LogP contribution is 2.21. The highest BCUT2D eigenvalue weighted by Gasteiger charge is 2.22. The van der Waals surface area contributed by atoms with Gasteiger partial charge in [0.1, 0.15) is 0 Å². The van der Waals surface area contributed by atoms with Gasteiger partial charge < -0.3 is 4.74 Å². The van der Waals surface area contributed by atoms with Gasteiger partial charge in [-0.15, -0.1) is 0 Å². The van der Waals surface area contributed by atoms with Gasteiger partial charge in [0.05, 0.1) is 16.4 Å². The minimum Gasteiger partial charge on any atom is -0.381 e. The number of ether oxygens (including phenoxy) is 1. The van der Waals surface area contributed by atoms with E-state index in [1.165, 1.54) is 0 Å². The zero-order valence-electron chi connectivity index (χ0n) is 11.1. The summed E-state index contributed by atoms with van der Waals surface area (Å²) in [4.78, 5) is 9.27. The molecule has 9 heteroatoms. The molecule has 0 aliphatic carbocycles. The molecule has 0 amide bonds. The first kappa shape index (κ1) is 15.8. The topological polar surface area (TPSA) is 98.5 Å². The Bertz CT molecular complexity index is 629. The van der Waals surface area contributed by atoms with E-state index in [1.54, 1.807) is 0 Å². The van der Waals surface area contributed by atoms with Crippen LogP contribution in [0.15, 0.2) is 23.1 Å². The van der Waals surface area contributed by atoms with E-state index in [9.17, 15) is 22.9 Å². The quantitative estimate of drug-likeness (QED) is 0.654. The van der Waals surface area contributed by atoms with Crippen LogP contribution in [-0.2, 0) is 14.8 Å². The summed E-state index contributed by atoms with van der Waals surface area (Å²) in [6.07, 6.45) is 1.73. The van der Waals surface area contributed by atoms with Gasteiger partial charge in [-0.25, -0.2) is 13.1 Å². The van der Waals surface area contributed by atoms with Crippen molar-refractivity contribution >= 4 is 15.7 Å². The van der Waals surface area contributed by atoms with E-state index < -0.39 is 26.5 Å². The van der Waals surface area contributed by atoms with E-state index in [-0.39, 0.29) is 17.4 Å².